The quantitative estimate of drug-likeness (QED) is 0.879. The zero-order valence-corrected chi connectivity index (χ0v) is 10.6. The molecular formula is C14H19N3. The van der Waals surface area contributed by atoms with Crippen LogP contribution in [0.25, 0.3) is 5.69 Å². The first kappa shape index (κ1) is 11.9. The van der Waals surface area contributed by atoms with Gasteiger partial charge in [-0.3, -0.25) is 0 Å². The van der Waals surface area contributed by atoms with E-state index in [2.05, 4.69) is 43.1 Å². The maximum Gasteiger partial charge on any atom is 0.0994 e. The minimum atomic E-state index is -0.0118. The van der Waals surface area contributed by atoms with E-state index in [1.165, 1.54) is 5.56 Å². The van der Waals surface area contributed by atoms with Crippen LogP contribution in [-0.2, 0) is 0 Å². The Morgan fingerprint density at radius 2 is 1.76 bits per heavy atom. The summed E-state index contributed by atoms with van der Waals surface area (Å²) in [4.78, 5) is 4.16. The lowest BCUT2D eigenvalue weighted by molar-refractivity contribution is 0.752. The summed E-state index contributed by atoms with van der Waals surface area (Å²) < 4.78 is 2.04. The van der Waals surface area contributed by atoms with Gasteiger partial charge in [0.25, 0.3) is 0 Å². The average molecular weight is 229 g/mol. The zero-order valence-electron chi connectivity index (χ0n) is 10.6. The van der Waals surface area contributed by atoms with E-state index in [4.69, 9.17) is 5.73 Å². The molecule has 3 nitrogen and oxygen atoms in total. The molecule has 0 amide bonds. The molecule has 0 saturated heterocycles. The normalized spacial score (nSPS) is 13.0. The molecule has 1 heterocycles. The fraction of sp³-hybridized carbons (Fsp3) is 0.357. The fourth-order valence-electron chi connectivity index (χ4n) is 1.88. The standard InChI is InChI=1S/C14H19N3/c1-10(2)12-4-6-13(7-5-12)17-9-16-8-14(17)11(3)15/h4-11H,15H2,1-3H3/t11-/m1/s1. The molecule has 0 aliphatic rings. The summed E-state index contributed by atoms with van der Waals surface area (Å²) in [5, 5.41) is 0. The van der Waals surface area contributed by atoms with Crippen molar-refractivity contribution >= 4 is 0 Å². The summed E-state index contributed by atoms with van der Waals surface area (Å²) in [7, 11) is 0. The van der Waals surface area contributed by atoms with Crippen molar-refractivity contribution in [1.29, 1.82) is 0 Å². The van der Waals surface area contributed by atoms with E-state index < -0.39 is 0 Å². The van der Waals surface area contributed by atoms with E-state index >= 15 is 0 Å². The molecule has 0 bridgehead atoms. The van der Waals surface area contributed by atoms with Crippen LogP contribution in [0.1, 0.15) is 44.0 Å². The molecule has 0 aliphatic heterocycles. The summed E-state index contributed by atoms with van der Waals surface area (Å²) in [5.74, 6) is 0.555. The van der Waals surface area contributed by atoms with Gasteiger partial charge in [-0.2, -0.15) is 0 Å². The lowest BCUT2D eigenvalue weighted by atomic mass is 10.0. The SMILES string of the molecule is CC(C)c1ccc(-n2cncc2[C@@H](C)N)cc1. The molecule has 1 atom stereocenters. The number of rotatable bonds is 3. The van der Waals surface area contributed by atoms with Crippen molar-refractivity contribution in [2.24, 2.45) is 5.73 Å². The predicted molar refractivity (Wildman–Crippen MR) is 70.3 cm³/mol. The molecule has 0 saturated carbocycles. The maximum absolute atomic E-state index is 5.91. The van der Waals surface area contributed by atoms with Gasteiger partial charge in [0.2, 0.25) is 0 Å². The molecule has 0 unspecified atom stereocenters. The van der Waals surface area contributed by atoms with Crippen molar-refractivity contribution in [2.75, 3.05) is 0 Å². The van der Waals surface area contributed by atoms with Crippen molar-refractivity contribution in [3.63, 3.8) is 0 Å². The Labute approximate surface area is 102 Å². The Kier molecular flexibility index (Phi) is 3.29. The fourth-order valence-corrected chi connectivity index (χ4v) is 1.88. The van der Waals surface area contributed by atoms with Crippen LogP contribution in [0.2, 0.25) is 0 Å². The molecule has 0 fully saturated rings. The maximum atomic E-state index is 5.91. The van der Waals surface area contributed by atoms with Crippen molar-refractivity contribution in [3.8, 4) is 5.69 Å². The van der Waals surface area contributed by atoms with Gasteiger partial charge < -0.3 is 10.3 Å². The summed E-state index contributed by atoms with van der Waals surface area (Å²) in [6, 6.07) is 8.53. The number of imidazole rings is 1. The number of benzene rings is 1. The van der Waals surface area contributed by atoms with E-state index in [9.17, 15) is 0 Å². The van der Waals surface area contributed by atoms with Gasteiger partial charge in [0.05, 0.1) is 18.2 Å². The van der Waals surface area contributed by atoms with Crippen molar-refractivity contribution in [3.05, 3.63) is 48.0 Å². The molecule has 0 spiro atoms. The Balaban J connectivity index is 2.37. The predicted octanol–water partition coefficient (Wildman–Crippen LogP) is 3.02. The second-order valence-corrected chi connectivity index (χ2v) is 4.72. The number of nitrogens with zero attached hydrogens (tertiary/aromatic N) is 2. The molecule has 0 radical (unpaired) electrons. The molecule has 2 aromatic rings. The highest BCUT2D eigenvalue weighted by molar-refractivity contribution is 5.37. The molecule has 17 heavy (non-hydrogen) atoms. The van der Waals surface area contributed by atoms with Gasteiger partial charge in [0.1, 0.15) is 0 Å². The van der Waals surface area contributed by atoms with Crippen molar-refractivity contribution in [1.82, 2.24) is 9.55 Å². The summed E-state index contributed by atoms with van der Waals surface area (Å²) in [5.41, 5.74) is 9.40. The summed E-state index contributed by atoms with van der Waals surface area (Å²) in [6.45, 7) is 6.36. The third-order valence-corrected chi connectivity index (χ3v) is 2.97. The molecule has 2 rings (SSSR count). The van der Waals surface area contributed by atoms with E-state index in [0.29, 0.717) is 5.92 Å². The van der Waals surface area contributed by atoms with Gasteiger partial charge >= 0.3 is 0 Å². The zero-order chi connectivity index (χ0) is 12.4. The Hall–Kier alpha value is -1.61. The van der Waals surface area contributed by atoms with Gasteiger partial charge in [-0.25, -0.2) is 4.98 Å². The van der Waals surface area contributed by atoms with Gasteiger partial charge in [-0.1, -0.05) is 26.0 Å². The lowest BCUT2D eigenvalue weighted by Crippen LogP contribution is -2.10. The van der Waals surface area contributed by atoms with Crippen LogP contribution >= 0.6 is 0 Å². The van der Waals surface area contributed by atoms with Crippen LogP contribution in [0.3, 0.4) is 0 Å². The van der Waals surface area contributed by atoms with E-state index in [1.54, 1.807) is 0 Å². The van der Waals surface area contributed by atoms with Crippen LogP contribution in [0.5, 0.6) is 0 Å². The lowest BCUT2D eigenvalue weighted by Gasteiger charge is -2.12. The molecule has 2 N–H and O–H groups in total. The summed E-state index contributed by atoms with van der Waals surface area (Å²) in [6.07, 6.45) is 3.63. The van der Waals surface area contributed by atoms with E-state index in [0.717, 1.165) is 11.4 Å². The van der Waals surface area contributed by atoms with Crippen molar-refractivity contribution < 1.29 is 0 Å². The minimum Gasteiger partial charge on any atom is -0.323 e. The number of hydrogen-bond acceptors (Lipinski definition) is 2. The summed E-state index contributed by atoms with van der Waals surface area (Å²) >= 11 is 0. The van der Waals surface area contributed by atoms with E-state index in [-0.39, 0.29) is 6.04 Å². The number of hydrogen-bond donors (Lipinski definition) is 1. The van der Waals surface area contributed by atoms with Gasteiger partial charge in [-0.15, -0.1) is 0 Å². The molecule has 3 heteroatoms. The van der Waals surface area contributed by atoms with Crippen molar-refractivity contribution in [2.45, 2.75) is 32.7 Å². The number of aromatic nitrogens is 2. The van der Waals surface area contributed by atoms with Gasteiger partial charge in [0.15, 0.2) is 0 Å². The molecule has 90 valence electrons. The Bertz CT molecular complexity index is 480. The first-order chi connectivity index (χ1) is 8.09. The van der Waals surface area contributed by atoms with Gasteiger partial charge in [-0.05, 0) is 30.5 Å². The second kappa shape index (κ2) is 4.72. The molecule has 1 aromatic heterocycles. The molecule has 0 aliphatic carbocycles. The van der Waals surface area contributed by atoms with Gasteiger partial charge in [0, 0.05) is 11.7 Å². The van der Waals surface area contributed by atoms with Crippen LogP contribution in [0, 0.1) is 0 Å². The largest absolute Gasteiger partial charge is 0.323 e. The highest BCUT2D eigenvalue weighted by atomic mass is 15.1. The Morgan fingerprint density at radius 3 is 2.29 bits per heavy atom. The van der Waals surface area contributed by atoms with Crippen LogP contribution in [0.15, 0.2) is 36.8 Å². The van der Waals surface area contributed by atoms with Crippen LogP contribution in [-0.4, -0.2) is 9.55 Å². The smallest absolute Gasteiger partial charge is 0.0994 e. The van der Waals surface area contributed by atoms with Crippen LogP contribution < -0.4 is 5.73 Å². The highest BCUT2D eigenvalue weighted by Crippen LogP contribution is 2.19. The van der Waals surface area contributed by atoms with E-state index in [1.807, 2.05) is 24.0 Å². The molecular weight excluding hydrogens is 210 g/mol. The first-order valence-corrected chi connectivity index (χ1v) is 5.97. The minimum absolute atomic E-state index is 0.0118. The average Bonchev–Trinajstić information content (AvgIpc) is 2.78. The number of nitrogens with two attached hydrogens (primary N) is 1. The Morgan fingerprint density at radius 1 is 1.12 bits per heavy atom. The molecule has 1 aromatic carbocycles. The first-order valence-electron chi connectivity index (χ1n) is 5.97. The highest BCUT2D eigenvalue weighted by Gasteiger charge is 2.08. The third kappa shape index (κ3) is 2.39. The second-order valence-electron chi connectivity index (χ2n) is 4.72. The monoisotopic (exact) mass is 229 g/mol. The third-order valence-electron chi connectivity index (χ3n) is 2.97. The topological polar surface area (TPSA) is 43.8 Å². The van der Waals surface area contributed by atoms with Crippen LogP contribution in [0.4, 0.5) is 0 Å².